The summed E-state index contributed by atoms with van der Waals surface area (Å²) in [5.74, 6) is 0. The molecule has 0 aliphatic rings. The molecule has 0 spiro atoms. The fraction of sp³-hybridized carbons (Fsp3) is 0.263. The lowest BCUT2D eigenvalue weighted by atomic mass is 10.1. The second-order valence-electron chi connectivity index (χ2n) is 4.79. The molecule has 3 heteroatoms. The number of halogens is 1. The minimum Gasteiger partial charge on any atom is -0.388 e. The predicted octanol–water partition coefficient (Wildman–Crippen LogP) is 5.07. The van der Waals surface area contributed by atoms with Gasteiger partial charge in [0.15, 0.2) is 0 Å². The van der Waals surface area contributed by atoms with Crippen molar-refractivity contribution in [3.05, 3.63) is 76.5 Å². The van der Waals surface area contributed by atoms with Gasteiger partial charge in [-0.15, -0.1) is 5.73 Å². The Hall–Kier alpha value is -1.86. The standard InChI is InChI=1S/C19H22ClNO/c1-4-16(15(2)14-21-3)8-6-5-7-9-19(22)17-10-12-18(20)13-11-17/h5-7,10-14,19,22H,2,4,9H2,1,3H3/b7-5+,21-14?/t8?,19-/m0/s1. The van der Waals surface area contributed by atoms with Crippen molar-refractivity contribution < 1.29 is 5.11 Å². The smallest absolute Gasteiger partial charge is 0.0824 e. The third kappa shape index (κ3) is 6.28. The number of aliphatic hydroxyl groups is 1. The molecule has 0 aliphatic heterocycles. The van der Waals surface area contributed by atoms with Gasteiger partial charge in [-0.2, -0.15) is 0 Å². The molecule has 0 aliphatic carbocycles. The Kier molecular flexibility index (Phi) is 8.24. The molecule has 0 unspecified atom stereocenters. The summed E-state index contributed by atoms with van der Waals surface area (Å²) >= 11 is 5.83. The van der Waals surface area contributed by atoms with Gasteiger partial charge < -0.3 is 5.11 Å². The highest BCUT2D eigenvalue weighted by Gasteiger charge is 2.04. The number of benzene rings is 1. The van der Waals surface area contributed by atoms with E-state index in [2.05, 4.69) is 24.2 Å². The summed E-state index contributed by atoms with van der Waals surface area (Å²) < 4.78 is 0. The minimum absolute atomic E-state index is 0.529. The first kappa shape index (κ1) is 18.2. The maximum Gasteiger partial charge on any atom is 0.0824 e. The van der Waals surface area contributed by atoms with Gasteiger partial charge in [0.05, 0.1) is 6.10 Å². The molecule has 0 aromatic heterocycles. The van der Waals surface area contributed by atoms with Crippen LogP contribution in [0, 0.1) is 0 Å². The van der Waals surface area contributed by atoms with Gasteiger partial charge in [0.1, 0.15) is 0 Å². The zero-order valence-corrected chi connectivity index (χ0v) is 13.8. The molecule has 0 bridgehead atoms. The fourth-order valence-corrected chi connectivity index (χ4v) is 2.03. The van der Waals surface area contributed by atoms with Crippen LogP contribution in [0.3, 0.4) is 0 Å². The molecule has 116 valence electrons. The van der Waals surface area contributed by atoms with Crippen LogP contribution in [0.5, 0.6) is 0 Å². The van der Waals surface area contributed by atoms with Crippen LogP contribution in [-0.2, 0) is 0 Å². The molecule has 1 atom stereocenters. The van der Waals surface area contributed by atoms with E-state index in [4.69, 9.17) is 11.6 Å². The van der Waals surface area contributed by atoms with Crippen molar-refractivity contribution in [2.75, 3.05) is 7.05 Å². The molecule has 1 rings (SSSR count). The van der Waals surface area contributed by atoms with Gasteiger partial charge in [0.25, 0.3) is 0 Å². The monoisotopic (exact) mass is 315 g/mol. The summed E-state index contributed by atoms with van der Waals surface area (Å²) in [5.41, 5.74) is 5.94. The second kappa shape index (κ2) is 9.97. The summed E-state index contributed by atoms with van der Waals surface area (Å²) in [5, 5.41) is 10.7. The Morgan fingerprint density at radius 3 is 2.68 bits per heavy atom. The van der Waals surface area contributed by atoms with E-state index in [1.807, 2.05) is 30.4 Å². The largest absolute Gasteiger partial charge is 0.388 e. The molecule has 0 radical (unpaired) electrons. The van der Waals surface area contributed by atoms with Crippen molar-refractivity contribution in [1.82, 2.24) is 0 Å². The number of nitrogens with zero attached hydrogens (tertiary/aromatic N) is 1. The highest BCUT2D eigenvalue weighted by atomic mass is 35.5. The van der Waals surface area contributed by atoms with Gasteiger partial charge in [-0.1, -0.05) is 49.4 Å². The lowest BCUT2D eigenvalue weighted by Gasteiger charge is -2.07. The second-order valence-corrected chi connectivity index (χ2v) is 5.22. The third-order valence-electron chi connectivity index (χ3n) is 3.13. The molecule has 0 saturated heterocycles. The maximum atomic E-state index is 10.1. The van der Waals surface area contributed by atoms with Gasteiger partial charge in [0, 0.05) is 23.9 Å². The van der Waals surface area contributed by atoms with Crippen molar-refractivity contribution in [3.8, 4) is 0 Å². The molecule has 0 saturated carbocycles. The molecule has 2 nitrogen and oxygen atoms in total. The summed E-state index contributed by atoms with van der Waals surface area (Å²) in [6, 6.07) is 7.22. The van der Waals surface area contributed by atoms with Gasteiger partial charge in [0.2, 0.25) is 0 Å². The van der Waals surface area contributed by atoms with Crippen LogP contribution < -0.4 is 0 Å². The Labute approximate surface area is 137 Å². The highest BCUT2D eigenvalue weighted by molar-refractivity contribution is 6.30. The van der Waals surface area contributed by atoms with Gasteiger partial charge in [-0.05, 0) is 42.2 Å². The van der Waals surface area contributed by atoms with Crippen LogP contribution in [0.25, 0.3) is 0 Å². The predicted molar refractivity (Wildman–Crippen MR) is 95.6 cm³/mol. The average molecular weight is 316 g/mol. The van der Waals surface area contributed by atoms with E-state index in [-0.39, 0.29) is 0 Å². The first-order valence-electron chi connectivity index (χ1n) is 7.24. The average Bonchev–Trinajstić information content (AvgIpc) is 2.51. The van der Waals surface area contributed by atoms with E-state index in [1.165, 1.54) is 0 Å². The zero-order valence-electron chi connectivity index (χ0n) is 13.1. The summed E-state index contributed by atoms with van der Waals surface area (Å²) in [6.07, 6.45) is 8.22. The maximum absolute atomic E-state index is 10.1. The van der Waals surface area contributed by atoms with Crippen LogP contribution in [0.1, 0.15) is 31.4 Å². The summed E-state index contributed by atoms with van der Waals surface area (Å²) in [7, 11) is 1.72. The van der Waals surface area contributed by atoms with E-state index in [1.54, 1.807) is 25.4 Å². The fourth-order valence-electron chi connectivity index (χ4n) is 1.90. The summed E-state index contributed by atoms with van der Waals surface area (Å²) in [4.78, 5) is 3.95. The number of aliphatic imine (C=N–C) groups is 1. The number of hydrogen-bond acceptors (Lipinski definition) is 2. The van der Waals surface area contributed by atoms with E-state index in [0.717, 1.165) is 23.1 Å². The SMILES string of the molecule is C=C(C=NC)C(=C=C/C=C/C[C@H](O)c1ccc(Cl)cc1)CC. The quantitative estimate of drug-likeness (QED) is 0.425. The summed E-state index contributed by atoms with van der Waals surface area (Å²) in [6.45, 7) is 6.00. The lowest BCUT2D eigenvalue weighted by molar-refractivity contribution is 0.181. The molecule has 0 fully saturated rings. The normalized spacial score (nSPS) is 12.4. The van der Waals surface area contributed by atoms with Crippen molar-refractivity contribution in [1.29, 1.82) is 0 Å². The zero-order chi connectivity index (χ0) is 16.4. The molecule has 22 heavy (non-hydrogen) atoms. The number of rotatable bonds is 7. The Bertz CT molecular complexity index is 605. The first-order chi connectivity index (χ1) is 10.6. The highest BCUT2D eigenvalue weighted by Crippen LogP contribution is 2.19. The van der Waals surface area contributed by atoms with E-state index in [9.17, 15) is 5.11 Å². The van der Waals surface area contributed by atoms with Gasteiger partial charge >= 0.3 is 0 Å². The molecular formula is C19H22ClNO. The molecule has 1 aromatic rings. The van der Waals surface area contributed by atoms with Crippen molar-refractivity contribution in [3.63, 3.8) is 0 Å². The van der Waals surface area contributed by atoms with Crippen LogP contribution in [0.4, 0.5) is 0 Å². The van der Waals surface area contributed by atoms with Gasteiger partial charge in [-0.3, -0.25) is 4.99 Å². The van der Waals surface area contributed by atoms with Gasteiger partial charge in [-0.25, -0.2) is 0 Å². The first-order valence-corrected chi connectivity index (χ1v) is 7.62. The van der Waals surface area contributed by atoms with Crippen LogP contribution in [0.2, 0.25) is 5.02 Å². The third-order valence-corrected chi connectivity index (χ3v) is 3.38. The molecule has 0 amide bonds. The lowest BCUT2D eigenvalue weighted by Crippen LogP contribution is -1.94. The van der Waals surface area contributed by atoms with Crippen LogP contribution >= 0.6 is 11.6 Å². The Morgan fingerprint density at radius 2 is 2.09 bits per heavy atom. The van der Waals surface area contributed by atoms with Crippen LogP contribution in [0.15, 0.2) is 70.9 Å². The van der Waals surface area contributed by atoms with E-state index < -0.39 is 6.10 Å². The molecule has 0 heterocycles. The Balaban J connectivity index is 2.63. The van der Waals surface area contributed by atoms with E-state index >= 15 is 0 Å². The van der Waals surface area contributed by atoms with Crippen molar-refractivity contribution in [2.45, 2.75) is 25.9 Å². The minimum atomic E-state index is -0.529. The van der Waals surface area contributed by atoms with Crippen molar-refractivity contribution in [2.24, 2.45) is 4.99 Å². The molecular weight excluding hydrogens is 294 g/mol. The molecule has 1 aromatic carbocycles. The van der Waals surface area contributed by atoms with E-state index in [0.29, 0.717) is 11.4 Å². The van der Waals surface area contributed by atoms with Crippen LogP contribution in [-0.4, -0.2) is 18.4 Å². The van der Waals surface area contributed by atoms with Crippen molar-refractivity contribution >= 4 is 17.8 Å². The number of hydrogen-bond donors (Lipinski definition) is 1. The Morgan fingerprint density at radius 1 is 1.41 bits per heavy atom. The molecule has 1 N–H and O–H groups in total. The number of allylic oxidation sites excluding steroid dienone is 3. The topological polar surface area (TPSA) is 32.6 Å². The number of aliphatic hydroxyl groups excluding tert-OH is 1.